The van der Waals surface area contributed by atoms with Crippen molar-refractivity contribution in [3.05, 3.63) is 64.4 Å². The molecular weight excluding hydrogens is 415 g/mol. The van der Waals surface area contributed by atoms with Crippen molar-refractivity contribution in [1.29, 1.82) is 0 Å². The van der Waals surface area contributed by atoms with Gasteiger partial charge in [0.1, 0.15) is 0 Å². The Balaban J connectivity index is 1.79. The highest BCUT2D eigenvalue weighted by molar-refractivity contribution is 7.13. The maximum Gasteiger partial charge on any atom is 0.433 e. The number of fused-ring (bicyclic) bond motifs is 1. The van der Waals surface area contributed by atoms with Gasteiger partial charge in [-0.3, -0.25) is 4.79 Å². The summed E-state index contributed by atoms with van der Waals surface area (Å²) in [6.45, 7) is 0. The normalized spacial score (nSPS) is 11.7. The molecule has 0 aliphatic heterocycles. The summed E-state index contributed by atoms with van der Waals surface area (Å²) in [4.78, 5) is 20.9. The molecule has 0 saturated carbocycles. The SMILES string of the molecule is O=C(Nc1ccccc1Cl)c1nc2nc(-c3cccs3)cc(C(F)(F)F)n2n1. The lowest BCUT2D eigenvalue weighted by molar-refractivity contribution is -0.142. The van der Waals surface area contributed by atoms with Crippen LogP contribution in [0.4, 0.5) is 18.9 Å². The summed E-state index contributed by atoms with van der Waals surface area (Å²) in [5, 5.41) is 8.17. The first-order valence-electron chi connectivity index (χ1n) is 7.78. The van der Waals surface area contributed by atoms with E-state index >= 15 is 0 Å². The van der Waals surface area contributed by atoms with Crippen LogP contribution in [0.2, 0.25) is 5.02 Å². The molecule has 4 rings (SSSR count). The summed E-state index contributed by atoms with van der Waals surface area (Å²) in [6, 6.07) is 10.6. The summed E-state index contributed by atoms with van der Waals surface area (Å²) in [5.74, 6) is -1.59. The fraction of sp³-hybridized carbons (Fsp3) is 0.0588. The number of carbonyl (C=O) groups excluding carboxylic acids is 1. The van der Waals surface area contributed by atoms with E-state index in [0.717, 1.165) is 6.07 Å². The van der Waals surface area contributed by atoms with Gasteiger partial charge in [0.2, 0.25) is 5.82 Å². The summed E-state index contributed by atoms with van der Waals surface area (Å²) in [5.41, 5.74) is -0.693. The number of rotatable bonds is 3. The third-order valence-electron chi connectivity index (χ3n) is 3.70. The van der Waals surface area contributed by atoms with Crippen molar-refractivity contribution in [2.24, 2.45) is 0 Å². The molecule has 3 heterocycles. The summed E-state index contributed by atoms with van der Waals surface area (Å²) in [6.07, 6.45) is -4.71. The molecule has 142 valence electrons. The first-order valence-corrected chi connectivity index (χ1v) is 9.03. The van der Waals surface area contributed by atoms with Crippen LogP contribution >= 0.6 is 22.9 Å². The molecule has 0 atom stereocenters. The lowest BCUT2D eigenvalue weighted by Crippen LogP contribution is -2.16. The minimum atomic E-state index is -4.71. The second-order valence-corrected chi connectivity index (χ2v) is 6.94. The Morgan fingerprint density at radius 1 is 1.14 bits per heavy atom. The van der Waals surface area contributed by atoms with E-state index < -0.39 is 23.6 Å². The first-order chi connectivity index (χ1) is 13.3. The van der Waals surface area contributed by atoms with E-state index in [9.17, 15) is 18.0 Å². The molecule has 0 saturated heterocycles. The van der Waals surface area contributed by atoms with Crippen LogP contribution in [0.1, 0.15) is 16.3 Å². The van der Waals surface area contributed by atoms with Gasteiger partial charge in [-0.2, -0.15) is 22.7 Å². The third-order valence-corrected chi connectivity index (χ3v) is 4.92. The van der Waals surface area contributed by atoms with E-state index in [0.29, 0.717) is 9.39 Å². The van der Waals surface area contributed by atoms with Crippen LogP contribution < -0.4 is 5.32 Å². The van der Waals surface area contributed by atoms with Crippen LogP contribution in [0.25, 0.3) is 16.3 Å². The Bertz CT molecular complexity index is 1170. The number of hydrogen-bond donors (Lipinski definition) is 1. The third kappa shape index (κ3) is 3.43. The highest BCUT2D eigenvalue weighted by atomic mass is 35.5. The Kier molecular flexibility index (Phi) is 4.52. The van der Waals surface area contributed by atoms with Crippen molar-refractivity contribution in [3.8, 4) is 10.6 Å². The van der Waals surface area contributed by atoms with E-state index in [4.69, 9.17) is 11.6 Å². The molecule has 28 heavy (non-hydrogen) atoms. The van der Waals surface area contributed by atoms with E-state index in [2.05, 4.69) is 20.4 Å². The van der Waals surface area contributed by atoms with Gasteiger partial charge in [-0.1, -0.05) is 29.8 Å². The van der Waals surface area contributed by atoms with Crippen molar-refractivity contribution >= 4 is 40.3 Å². The molecular formula is C17H9ClF3N5OS. The van der Waals surface area contributed by atoms with Gasteiger partial charge in [-0.15, -0.1) is 16.4 Å². The highest BCUT2D eigenvalue weighted by Crippen LogP contribution is 2.33. The van der Waals surface area contributed by atoms with Gasteiger partial charge in [0.25, 0.3) is 11.7 Å². The summed E-state index contributed by atoms with van der Waals surface area (Å²) < 4.78 is 41.1. The molecule has 1 amide bonds. The zero-order valence-corrected chi connectivity index (χ0v) is 15.3. The Morgan fingerprint density at radius 2 is 1.93 bits per heavy atom. The fourth-order valence-corrected chi connectivity index (χ4v) is 3.33. The van der Waals surface area contributed by atoms with Gasteiger partial charge in [-0.25, -0.2) is 4.98 Å². The van der Waals surface area contributed by atoms with Gasteiger partial charge in [-0.05, 0) is 29.6 Å². The Morgan fingerprint density at radius 3 is 2.61 bits per heavy atom. The molecule has 0 unspecified atom stereocenters. The molecule has 4 aromatic rings. The number of carbonyl (C=O) groups is 1. The minimum Gasteiger partial charge on any atom is -0.318 e. The smallest absolute Gasteiger partial charge is 0.318 e. The molecule has 6 nitrogen and oxygen atoms in total. The molecule has 0 spiro atoms. The molecule has 0 aliphatic rings. The lowest BCUT2D eigenvalue weighted by atomic mass is 10.3. The van der Waals surface area contributed by atoms with Crippen LogP contribution in [0.15, 0.2) is 47.8 Å². The average molecular weight is 424 g/mol. The number of alkyl halides is 3. The quantitative estimate of drug-likeness (QED) is 0.515. The van der Waals surface area contributed by atoms with Gasteiger partial charge in [0.15, 0.2) is 5.69 Å². The zero-order chi connectivity index (χ0) is 19.9. The monoisotopic (exact) mass is 423 g/mol. The van der Waals surface area contributed by atoms with Crippen molar-refractivity contribution < 1.29 is 18.0 Å². The van der Waals surface area contributed by atoms with Gasteiger partial charge in [0, 0.05) is 0 Å². The Hall–Kier alpha value is -2.98. The standard InChI is InChI=1S/C17H9ClF3N5OS/c18-9-4-1-2-5-10(9)22-15(27)14-24-16-23-11(12-6-3-7-28-12)8-13(17(19,20)21)26(16)25-14/h1-8H,(H,22,27). The molecule has 1 N–H and O–H groups in total. The lowest BCUT2D eigenvalue weighted by Gasteiger charge is -2.09. The highest BCUT2D eigenvalue weighted by Gasteiger charge is 2.36. The second kappa shape index (κ2) is 6.88. The molecule has 0 fully saturated rings. The number of halogens is 4. The van der Waals surface area contributed by atoms with E-state index in [1.165, 1.54) is 11.3 Å². The van der Waals surface area contributed by atoms with Crippen molar-refractivity contribution in [2.45, 2.75) is 6.18 Å². The average Bonchev–Trinajstić information content (AvgIpc) is 3.31. The van der Waals surface area contributed by atoms with Gasteiger partial charge < -0.3 is 5.32 Å². The molecule has 11 heteroatoms. The van der Waals surface area contributed by atoms with E-state index in [-0.39, 0.29) is 22.2 Å². The van der Waals surface area contributed by atoms with Crippen LogP contribution in [0.3, 0.4) is 0 Å². The minimum absolute atomic E-state index is 0.0975. The van der Waals surface area contributed by atoms with Crippen LogP contribution in [0, 0.1) is 0 Å². The molecule has 0 radical (unpaired) electrons. The maximum atomic E-state index is 13.5. The van der Waals surface area contributed by atoms with Crippen LogP contribution in [-0.2, 0) is 6.18 Å². The summed E-state index contributed by atoms with van der Waals surface area (Å²) >= 11 is 7.22. The largest absolute Gasteiger partial charge is 0.433 e. The predicted molar refractivity (Wildman–Crippen MR) is 98.5 cm³/mol. The second-order valence-electron chi connectivity index (χ2n) is 5.58. The predicted octanol–water partition coefficient (Wildman–Crippen LogP) is 4.78. The molecule has 0 aliphatic carbocycles. The van der Waals surface area contributed by atoms with Gasteiger partial charge >= 0.3 is 6.18 Å². The van der Waals surface area contributed by atoms with Crippen molar-refractivity contribution in [3.63, 3.8) is 0 Å². The Labute approximate surface area is 164 Å². The number of hydrogen-bond acceptors (Lipinski definition) is 5. The number of nitrogens with zero attached hydrogens (tertiary/aromatic N) is 4. The number of amides is 1. The molecule has 0 bridgehead atoms. The number of benzene rings is 1. The molecule has 1 aromatic carbocycles. The van der Waals surface area contributed by atoms with Crippen molar-refractivity contribution in [2.75, 3.05) is 5.32 Å². The number of nitrogens with one attached hydrogen (secondary N) is 1. The zero-order valence-electron chi connectivity index (χ0n) is 13.7. The molecule has 3 aromatic heterocycles. The van der Waals surface area contributed by atoms with Crippen LogP contribution in [0.5, 0.6) is 0 Å². The number of para-hydroxylation sites is 1. The number of thiophene rings is 1. The van der Waals surface area contributed by atoms with Crippen LogP contribution in [-0.4, -0.2) is 25.5 Å². The first kappa shape index (κ1) is 18.4. The van der Waals surface area contributed by atoms with E-state index in [1.807, 2.05) is 0 Å². The van der Waals surface area contributed by atoms with Gasteiger partial charge in [0.05, 0.1) is 21.3 Å². The maximum absolute atomic E-state index is 13.5. The van der Waals surface area contributed by atoms with Crippen molar-refractivity contribution in [1.82, 2.24) is 19.6 Å². The topological polar surface area (TPSA) is 72.2 Å². The van der Waals surface area contributed by atoms with E-state index in [1.54, 1.807) is 41.8 Å². The fourth-order valence-electron chi connectivity index (χ4n) is 2.46. The number of anilines is 1. The summed E-state index contributed by atoms with van der Waals surface area (Å²) in [7, 11) is 0. The number of aromatic nitrogens is 4.